The summed E-state index contributed by atoms with van der Waals surface area (Å²) in [6.45, 7) is 7.41. The maximum atomic E-state index is 12.3. The van der Waals surface area contributed by atoms with Crippen molar-refractivity contribution in [2.45, 2.75) is 45.6 Å². The van der Waals surface area contributed by atoms with E-state index in [1.807, 2.05) is 11.9 Å². The van der Waals surface area contributed by atoms with Crippen molar-refractivity contribution >= 4 is 5.91 Å². The molecular weight excluding hydrogens is 264 g/mol. The van der Waals surface area contributed by atoms with Gasteiger partial charge in [0.25, 0.3) is 0 Å². The van der Waals surface area contributed by atoms with Crippen molar-refractivity contribution in [1.29, 1.82) is 0 Å². The molecule has 1 saturated heterocycles. The highest BCUT2D eigenvalue weighted by Crippen LogP contribution is 2.30. The van der Waals surface area contributed by atoms with E-state index in [-0.39, 0.29) is 12.0 Å². The van der Waals surface area contributed by atoms with Crippen LogP contribution in [0.1, 0.15) is 39.5 Å². The number of hydrogen-bond donors (Lipinski definition) is 1. The maximum Gasteiger partial charge on any atom is 0.236 e. The lowest BCUT2D eigenvalue weighted by Crippen LogP contribution is -2.45. The molecule has 1 N–H and O–H groups in total. The summed E-state index contributed by atoms with van der Waals surface area (Å²) in [7, 11) is 2.05. The van der Waals surface area contributed by atoms with Crippen molar-refractivity contribution in [3.05, 3.63) is 11.6 Å². The molecule has 0 spiro atoms. The van der Waals surface area contributed by atoms with Crippen molar-refractivity contribution in [2.75, 3.05) is 33.2 Å². The van der Waals surface area contributed by atoms with Gasteiger partial charge in [0.1, 0.15) is 0 Å². The Morgan fingerprint density at radius 1 is 1.38 bits per heavy atom. The number of likely N-dealkylation sites (N-methyl/N-ethyl adjacent to an activating group) is 1. The topological polar surface area (TPSA) is 43.8 Å². The van der Waals surface area contributed by atoms with Crippen LogP contribution in [0, 0.1) is 11.8 Å². The molecule has 0 unspecified atom stereocenters. The summed E-state index contributed by atoms with van der Waals surface area (Å²) in [6, 6.07) is 0. The van der Waals surface area contributed by atoms with Crippen LogP contribution in [-0.2, 0) is 4.79 Å². The van der Waals surface area contributed by atoms with Crippen LogP contribution in [0.4, 0.5) is 0 Å². The normalized spacial score (nSPS) is 27.9. The first-order valence-electron chi connectivity index (χ1n) is 8.28. The molecule has 0 bridgehead atoms. The fraction of sp³-hybridized carbons (Fsp3) is 0.824. The van der Waals surface area contributed by atoms with Crippen molar-refractivity contribution < 1.29 is 9.90 Å². The van der Waals surface area contributed by atoms with Gasteiger partial charge in [0.15, 0.2) is 0 Å². The summed E-state index contributed by atoms with van der Waals surface area (Å²) in [5.41, 5.74) is 1.48. The van der Waals surface area contributed by atoms with Crippen molar-refractivity contribution in [3.63, 3.8) is 0 Å². The molecule has 0 aromatic carbocycles. The molecule has 1 aliphatic carbocycles. The molecule has 1 heterocycles. The summed E-state index contributed by atoms with van der Waals surface area (Å²) in [6.07, 6.45) is 6.03. The fourth-order valence-electron chi connectivity index (χ4n) is 3.55. The predicted molar refractivity (Wildman–Crippen MR) is 85.0 cm³/mol. The zero-order valence-electron chi connectivity index (χ0n) is 13.7. The molecular formula is C17H30N2O2. The van der Waals surface area contributed by atoms with Crippen molar-refractivity contribution in [2.24, 2.45) is 11.8 Å². The molecule has 2 aliphatic rings. The molecule has 1 aliphatic heterocycles. The van der Waals surface area contributed by atoms with Gasteiger partial charge in [0, 0.05) is 19.6 Å². The highest BCUT2D eigenvalue weighted by Gasteiger charge is 2.26. The van der Waals surface area contributed by atoms with Gasteiger partial charge in [-0.1, -0.05) is 18.6 Å². The van der Waals surface area contributed by atoms with E-state index >= 15 is 0 Å². The van der Waals surface area contributed by atoms with Crippen LogP contribution in [0.25, 0.3) is 0 Å². The molecule has 1 fully saturated rings. The molecule has 0 radical (unpaired) electrons. The quantitative estimate of drug-likeness (QED) is 0.805. The lowest BCUT2D eigenvalue weighted by Gasteiger charge is -2.34. The van der Waals surface area contributed by atoms with Crippen molar-refractivity contribution in [1.82, 2.24) is 9.80 Å². The summed E-state index contributed by atoms with van der Waals surface area (Å²) in [4.78, 5) is 16.4. The zero-order valence-corrected chi connectivity index (χ0v) is 13.7. The second kappa shape index (κ2) is 7.41. The molecule has 120 valence electrons. The van der Waals surface area contributed by atoms with Crippen LogP contribution in [0.2, 0.25) is 0 Å². The van der Waals surface area contributed by atoms with Crippen LogP contribution in [0.15, 0.2) is 11.6 Å². The fourth-order valence-corrected chi connectivity index (χ4v) is 3.55. The minimum Gasteiger partial charge on any atom is -0.393 e. The number of carbonyl (C=O) groups excluding carboxylic acids is 1. The second-order valence-corrected chi connectivity index (χ2v) is 6.92. The van der Waals surface area contributed by atoms with Crippen molar-refractivity contribution in [3.8, 4) is 0 Å². The van der Waals surface area contributed by atoms with E-state index < -0.39 is 0 Å². The smallest absolute Gasteiger partial charge is 0.236 e. The average molecular weight is 294 g/mol. The van der Waals surface area contributed by atoms with Crippen LogP contribution in [0.5, 0.6) is 0 Å². The summed E-state index contributed by atoms with van der Waals surface area (Å²) >= 11 is 0. The Hall–Kier alpha value is -0.870. The van der Waals surface area contributed by atoms with Gasteiger partial charge in [0.05, 0.1) is 12.6 Å². The van der Waals surface area contributed by atoms with Gasteiger partial charge in [-0.15, -0.1) is 0 Å². The van der Waals surface area contributed by atoms with E-state index in [4.69, 9.17) is 0 Å². The highest BCUT2D eigenvalue weighted by atomic mass is 16.3. The number of aliphatic hydroxyl groups is 1. The Kier molecular flexibility index (Phi) is 5.82. The van der Waals surface area contributed by atoms with Gasteiger partial charge >= 0.3 is 0 Å². The Morgan fingerprint density at radius 2 is 2.05 bits per heavy atom. The standard InChI is InChI=1S/C17H30N2O2/c1-13-5-4-6-14(2)16(13)11-18(3)12-17(21)19-9-7-15(20)8-10-19/h5,14-16,20H,4,6-12H2,1-3H3/t14-,16-/m0/s1. The number of likely N-dealkylation sites (tertiary alicyclic amines) is 1. The van der Waals surface area contributed by atoms with E-state index in [0.29, 0.717) is 31.5 Å². The summed E-state index contributed by atoms with van der Waals surface area (Å²) < 4.78 is 0. The number of nitrogens with zero attached hydrogens (tertiary/aromatic N) is 2. The Balaban J connectivity index is 1.81. The highest BCUT2D eigenvalue weighted by molar-refractivity contribution is 5.78. The van der Waals surface area contributed by atoms with E-state index in [1.165, 1.54) is 18.4 Å². The molecule has 1 amide bonds. The number of amides is 1. The minimum atomic E-state index is -0.220. The zero-order chi connectivity index (χ0) is 15.4. The molecule has 0 aromatic heterocycles. The first-order chi connectivity index (χ1) is 9.97. The molecule has 2 rings (SSSR count). The van der Waals surface area contributed by atoms with Gasteiger partial charge in [0.2, 0.25) is 5.91 Å². The lowest BCUT2D eigenvalue weighted by molar-refractivity contribution is -0.134. The number of carbonyl (C=O) groups is 1. The van der Waals surface area contributed by atoms with Gasteiger partial charge in [-0.2, -0.15) is 0 Å². The van der Waals surface area contributed by atoms with Crippen LogP contribution in [-0.4, -0.2) is 60.1 Å². The minimum absolute atomic E-state index is 0.203. The summed E-state index contributed by atoms with van der Waals surface area (Å²) in [5, 5.41) is 9.51. The molecule has 4 heteroatoms. The molecule has 0 aromatic rings. The van der Waals surface area contributed by atoms with E-state index in [2.05, 4.69) is 24.8 Å². The summed E-state index contributed by atoms with van der Waals surface area (Å²) in [5.74, 6) is 1.49. The molecule has 2 atom stereocenters. The third-order valence-corrected chi connectivity index (χ3v) is 5.09. The SMILES string of the molecule is CC1=CCC[C@H](C)[C@H]1CN(C)CC(=O)N1CCC(O)CC1. The third-order valence-electron chi connectivity index (χ3n) is 5.09. The number of aliphatic hydroxyl groups excluding tert-OH is 1. The number of rotatable bonds is 4. The first kappa shape index (κ1) is 16.5. The average Bonchev–Trinajstić information content (AvgIpc) is 2.43. The Labute approximate surface area is 128 Å². The first-order valence-corrected chi connectivity index (χ1v) is 8.28. The van der Waals surface area contributed by atoms with E-state index in [0.717, 1.165) is 19.4 Å². The van der Waals surface area contributed by atoms with E-state index in [1.54, 1.807) is 0 Å². The van der Waals surface area contributed by atoms with Gasteiger partial charge < -0.3 is 10.0 Å². The van der Waals surface area contributed by atoms with E-state index in [9.17, 15) is 9.90 Å². The van der Waals surface area contributed by atoms with Gasteiger partial charge in [-0.25, -0.2) is 0 Å². The third kappa shape index (κ3) is 4.55. The molecule has 4 nitrogen and oxygen atoms in total. The van der Waals surface area contributed by atoms with Gasteiger partial charge in [-0.3, -0.25) is 9.69 Å². The number of piperidine rings is 1. The molecule has 21 heavy (non-hydrogen) atoms. The maximum absolute atomic E-state index is 12.3. The number of allylic oxidation sites excluding steroid dienone is 1. The van der Waals surface area contributed by atoms with Crippen LogP contribution >= 0.6 is 0 Å². The van der Waals surface area contributed by atoms with Gasteiger partial charge in [-0.05, 0) is 51.5 Å². The Morgan fingerprint density at radius 3 is 2.67 bits per heavy atom. The second-order valence-electron chi connectivity index (χ2n) is 6.92. The predicted octanol–water partition coefficient (Wildman–Crippen LogP) is 1.89. The lowest BCUT2D eigenvalue weighted by atomic mass is 9.80. The monoisotopic (exact) mass is 294 g/mol. The van der Waals surface area contributed by atoms with Crippen LogP contribution < -0.4 is 0 Å². The van der Waals surface area contributed by atoms with Crippen LogP contribution in [0.3, 0.4) is 0 Å². The molecule has 0 saturated carbocycles. The largest absolute Gasteiger partial charge is 0.393 e. The Bertz CT molecular complexity index is 386. The number of hydrogen-bond acceptors (Lipinski definition) is 3.